The molecule has 90 valence electrons. The van der Waals surface area contributed by atoms with Gasteiger partial charge in [0, 0.05) is 13.1 Å². The van der Waals surface area contributed by atoms with Gasteiger partial charge in [0.2, 0.25) is 0 Å². The van der Waals surface area contributed by atoms with E-state index in [0.29, 0.717) is 5.69 Å². The number of rotatable bonds is 3. The average molecular weight is 230 g/mol. The number of anilines is 1. The lowest BCUT2D eigenvalue weighted by Crippen LogP contribution is -2.34. The van der Waals surface area contributed by atoms with Crippen molar-refractivity contribution in [3.05, 3.63) is 24.0 Å². The molecule has 1 aromatic heterocycles. The van der Waals surface area contributed by atoms with Crippen LogP contribution in [0, 0.1) is 17.2 Å². The number of aromatic nitrogens is 1. The van der Waals surface area contributed by atoms with E-state index in [-0.39, 0.29) is 0 Å². The third-order valence-electron chi connectivity index (χ3n) is 3.42. The van der Waals surface area contributed by atoms with E-state index in [1.807, 2.05) is 12.1 Å². The summed E-state index contributed by atoms with van der Waals surface area (Å²) in [4.78, 5) is 6.44. The molecule has 1 aromatic rings. The molecule has 1 saturated heterocycles. The molecule has 2 rings (SSSR count). The van der Waals surface area contributed by atoms with Crippen LogP contribution in [0.1, 0.15) is 25.0 Å². The molecule has 0 bridgehead atoms. The van der Waals surface area contributed by atoms with Gasteiger partial charge in [0.1, 0.15) is 11.8 Å². The van der Waals surface area contributed by atoms with Gasteiger partial charge in [-0.15, -0.1) is 0 Å². The lowest BCUT2D eigenvalue weighted by Gasteiger charge is -2.33. The van der Waals surface area contributed by atoms with Gasteiger partial charge in [-0.2, -0.15) is 5.26 Å². The molecule has 0 aromatic carbocycles. The Hall–Kier alpha value is -1.60. The Labute approximate surface area is 102 Å². The van der Waals surface area contributed by atoms with Crippen molar-refractivity contribution in [2.75, 3.05) is 24.5 Å². The van der Waals surface area contributed by atoms with E-state index in [2.05, 4.69) is 9.88 Å². The first kappa shape index (κ1) is 11.9. The molecule has 1 aliphatic rings. The lowest BCUT2D eigenvalue weighted by atomic mass is 9.93. The van der Waals surface area contributed by atoms with Gasteiger partial charge in [-0.1, -0.05) is 0 Å². The Morgan fingerprint density at radius 1 is 1.41 bits per heavy atom. The second-order valence-electron chi connectivity index (χ2n) is 4.52. The molecule has 1 aliphatic heterocycles. The molecule has 17 heavy (non-hydrogen) atoms. The summed E-state index contributed by atoms with van der Waals surface area (Å²) in [5.74, 6) is 0.780. The molecule has 4 nitrogen and oxygen atoms in total. The lowest BCUT2D eigenvalue weighted by molar-refractivity contribution is 0.386. The molecule has 2 N–H and O–H groups in total. The maximum Gasteiger partial charge on any atom is 0.140 e. The van der Waals surface area contributed by atoms with Crippen LogP contribution in [-0.2, 0) is 0 Å². The third kappa shape index (κ3) is 2.95. The minimum absolute atomic E-state index is 0.478. The zero-order valence-corrected chi connectivity index (χ0v) is 9.97. The summed E-state index contributed by atoms with van der Waals surface area (Å²) in [5.41, 5.74) is 7.18. The predicted molar refractivity (Wildman–Crippen MR) is 67.6 cm³/mol. The van der Waals surface area contributed by atoms with Crippen molar-refractivity contribution in [3.8, 4) is 6.07 Å². The van der Waals surface area contributed by atoms with Gasteiger partial charge < -0.3 is 10.6 Å². The number of nitriles is 1. The molecule has 4 heteroatoms. The maximum atomic E-state index is 8.69. The molecule has 0 saturated carbocycles. The summed E-state index contributed by atoms with van der Waals surface area (Å²) in [5, 5.41) is 8.69. The van der Waals surface area contributed by atoms with Crippen LogP contribution in [0.3, 0.4) is 0 Å². The first-order chi connectivity index (χ1) is 8.33. The zero-order chi connectivity index (χ0) is 12.1. The van der Waals surface area contributed by atoms with Gasteiger partial charge in [0.25, 0.3) is 0 Å². The van der Waals surface area contributed by atoms with Crippen molar-refractivity contribution < 1.29 is 0 Å². The average Bonchev–Trinajstić information content (AvgIpc) is 2.40. The minimum atomic E-state index is 0.478. The molecule has 0 atom stereocenters. The normalized spacial score (nSPS) is 16.8. The number of nitrogens with zero attached hydrogens (tertiary/aromatic N) is 3. The smallest absolute Gasteiger partial charge is 0.140 e. The van der Waals surface area contributed by atoms with Crippen LogP contribution < -0.4 is 10.6 Å². The maximum absolute atomic E-state index is 8.69. The number of hydrogen-bond donors (Lipinski definition) is 1. The van der Waals surface area contributed by atoms with E-state index in [9.17, 15) is 0 Å². The highest BCUT2D eigenvalue weighted by molar-refractivity contribution is 5.46. The molecular formula is C13H18N4. The van der Waals surface area contributed by atoms with Crippen LogP contribution in [0.2, 0.25) is 0 Å². The Kier molecular flexibility index (Phi) is 3.94. The predicted octanol–water partition coefficient (Wildman–Crippen LogP) is 1.52. The molecule has 1 fully saturated rings. The molecule has 2 heterocycles. The van der Waals surface area contributed by atoms with Crippen molar-refractivity contribution in [1.82, 2.24) is 4.98 Å². The molecule has 0 radical (unpaired) electrons. The quantitative estimate of drug-likeness (QED) is 0.855. The van der Waals surface area contributed by atoms with E-state index in [4.69, 9.17) is 11.0 Å². The van der Waals surface area contributed by atoms with E-state index >= 15 is 0 Å². The van der Waals surface area contributed by atoms with E-state index in [1.54, 1.807) is 12.3 Å². The second-order valence-corrected chi connectivity index (χ2v) is 4.52. The van der Waals surface area contributed by atoms with Crippen LogP contribution in [0.5, 0.6) is 0 Å². The molecule has 0 unspecified atom stereocenters. The fraction of sp³-hybridized carbons (Fsp3) is 0.538. The van der Waals surface area contributed by atoms with Gasteiger partial charge in [0.15, 0.2) is 0 Å². The summed E-state index contributed by atoms with van der Waals surface area (Å²) >= 11 is 0. The van der Waals surface area contributed by atoms with Crippen LogP contribution in [0.15, 0.2) is 18.3 Å². The van der Waals surface area contributed by atoms with Crippen molar-refractivity contribution in [2.24, 2.45) is 11.7 Å². The SMILES string of the molecule is N#Cc1ccc(N2CCC(CCN)CC2)cn1. The fourth-order valence-electron chi connectivity index (χ4n) is 2.35. The first-order valence-electron chi connectivity index (χ1n) is 6.14. The van der Waals surface area contributed by atoms with Crippen molar-refractivity contribution in [3.63, 3.8) is 0 Å². The number of pyridine rings is 1. The van der Waals surface area contributed by atoms with Gasteiger partial charge >= 0.3 is 0 Å². The highest BCUT2D eigenvalue weighted by Gasteiger charge is 2.18. The van der Waals surface area contributed by atoms with E-state index < -0.39 is 0 Å². The largest absolute Gasteiger partial charge is 0.370 e. The van der Waals surface area contributed by atoms with Crippen LogP contribution >= 0.6 is 0 Å². The van der Waals surface area contributed by atoms with E-state index in [0.717, 1.165) is 37.7 Å². The summed E-state index contributed by atoms with van der Waals surface area (Å²) in [6.07, 6.45) is 5.34. The number of hydrogen-bond acceptors (Lipinski definition) is 4. The van der Waals surface area contributed by atoms with Gasteiger partial charge in [-0.3, -0.25) is 0 Å². The highest BCUT2D eigenvalue weighted by atomic mass is 15.1. The number of piperidine rings is 1. The topological polar surface area (TPSA) is 65.9 Å². The fourth-order valence-corrected chi connectivity index (χ4v) is 2.35. The Morgan fingerprint density at radius 3 is 2.71 bits per heavy atom. The van der Waals surface area contributed by atoms with Crippen molar-refractivity contribution in [1.29, 1.82) is 5.26 Å². The van der Waals surface area contributed by atoms with Crippen LogP contribution in [0.25, 0.3) is 0 Å². The molecule has 0 spiro atoms. The van der Waals surface area contributed by atoms with E-state index in [1.165, 1.54) is 12.8 Å². The summed E-state index contributed by atoms with van der Waals surface area (Å²) in [6, 6.07) is 5.80. The number of nitrogens with two attached hydrogens (primary N) is 1. The Balaban J connectivity index is 1.94. The van der Waals surface area contributed by atoms with Crippen LogP contribution in [0.4, 0.5) is 5.69 Å². The molecular weight excluding hydrogens is 212 g/mol. The zero-order valence-electron chi connectivity index (χ0n) is 9.97. The minimum Gasteiger partial charge on any atom is -0.370 e. The summed E-state index contributed by atoms with van der Waals surface area (Å²) < 4.78 is 0. The van der Waals surface area contributed by atoms with Gasteiger partial charge in [-0.05, 0) is 43.9 Å². The standard InChI is InChI=1S/C13H18N4/c14-6-3-11-4-7-17(8-5-11)13-2-1-12(9-15)16-10-13/h1-2,10-11H,3-8,14H2. The van der Waals surface area contributed by atoms with Crippen molar-refractivity contribution in [2.45, 2.75) is 19.3 Å². The van der Waals surface area contributed by atoms with Crippen molar-refractivity contribution >= 4 is 5.69 Å². The summed E-state index contributed by atoms with van der Waals surface area (Å²) in [7, 11) is 0. The highest BCUT2D eigenvalue weighted by Crippen LogP contribution is 2.24. The van der Waals surface area contributed by atoms with Gasteiger partial charge in [-0.25, -0.2) is 4.98 Å². The Bertz CT molecular complexity index is 385. The monoisotopic (exact) mass is 230 g/mol. The Morgan fingerprint density at radius 2 is 2.18 bits per heavy atom. The summed E-state index contributed by atoms with van der Waals surface area (Å²) in [6.45, 7) is 2.93. The van der Waals surface area contributed by atoms with Crippen LogP contribution in [-0.4, -0.2) is 24.6 Å². The van der Waals surface area contributed by atoms with Gasteiger partial charge in [0.05, 0.1) is 11.9 Å². The first-order valence-corrected chi connectivity index (χ1v) is 6.14. The second kappa shape index (κ2) is 5.65. The molecule has 0 amide bonds. The third-order valence-corrected chi connectivity index (χ3v) is 3.42. The molecule has 0 aliphatic carbocycles.